The fourth-order valence-electron chi connectivity index (χ4n) is 4.29. The predicted octanol–water partition coefficient (Wildman–Crippen LogP) is 8.16. The zero-order chi connectivity index (χ0) is 26.0. The average molecular weight is 497 g/mol. The second kappa shape index (κ2) is 12.7. The summed E-state index contributed by atoms with van der Waals surface area (Å²) in [6.07, 6.45) is 7.39. The standard InChI is InChI=1S/C32H32O5/c1-2-3-4-5-6-9-22-36-27-19-16-24(17-20-27)23-12-14-26(15-13-23)32(35)37-30-28-11-8-7-10-25(28)18-21-29(30)31(33)34/h7-8,10-21H,2-6,9,22H2,1H3,(H,33,34). The van der Waals surface area contributed by atoms with Crippen molar-refractivity contribution in [3.05, 3.63) is 96.1 Å². The van der Waals surface area contributed by atoms with Crippen LogP contribution in [0.1, 0.15) is 66.2 Å². The minimum absolute atomic E-state index is 0.0521. The maximum Gasteiger partial charge on any atom is 0.343 e. The highest BCUT2D eigenvalue weighted by molar-refractivity contribution is 6.03. The number of fused-ring (bicyclic) bond motifs is 1. The molecule has 5 heteroatoms. The first-order valence-corrected chi connectivity index (χ1v) is 12.9. The molecule has 4 rings (SSSR count). The van der Waals surface area contributed by atoms with Crippen LogP contribution in [0.3, 0.4) is 0 Å². The van der Waals surface area contributed by atoms with Gasteiger partial charge in [0, 0.05) is 5.39 Å². The summed E-state index contributed by atoms with van der Waals surface area (Å²) >= 11 is 0. The van der Waals surface area contributed by atoms with E-state index < -0.39 is 11.9 Å². The van der Waals surface area contributed by atoms with Crippen molar-refractivity contribution in [3.63, 3.8) is 0 Å². The van der Waals surface area contributed by atoms with E-state index in [0.717, 1.165) is 35.3 Å². The lowest BCUT2D eigenvalue weighted by Gasteiger charge is -2.11. The Hall–Kier alpha value is -4.12. The highest BCUT2D eigenvalue weighted by Crippen LogP contribution is 2.31. The number of carboxylic acids is 1. The van der Waals surface area contributed by atoms with Crippen molar-refractivity contribution in [2.75, 3.05) is 6.61 Å². The van der Waals surface area contributed by atoms with Gasteiger partial charge in [-0.2, -0.15) is 0 Å². The Morgan fingerprint density at radius 3 is 2.08 bits per heavy atom. The smallest absolute Gasteiger partial charge is 0.343 e. The summed E-state index contributed by atoms with van der Waals surface area (Å²) in [6, 6.07) is 25.4. The van der Waals surface area contributed by atoms with Gasteiger partial charge < -0.3 is 14.6 Å². The van der Waals surface area contributed by atoms with Gasteiger partial charge in [-0.3, -0.25) is 0 Å². The lowest BCUT2D eigenvalue weighted by atomic mass is 10.0. The molecule has 0 saturated heterocycles. The summed E-state index contributed by atoms with van der Waals surface area (Å²) in [5, 5.41) is 11.0. The summed E-state index contributed by atoms with van der Waals surface area (Å²) in [4.78, 5) is 24.6. The van der Waals surface area contributed by atoms with Crippen LogP contribution < -0.4 is 9.47 Å². The molecule has 0 radical (unpaired) electrons. The topological polar surface area (TPSA) is 72.8 Å². The number of hydrogen-bond acceptors (Lipinski definition) is 4. The Kier molecular flexibility index (Phi) is 8.93. The van der Waals surface area contributed by atoms with Gasteiger partial charge in [0.15, 0.2) is 5.75 Å². The molecule has 5 nitrogen and oxygen atoms in total. The molecule has 0 spiro atoms. The van der Waals surface area contributed by atoms with E-state index in [9.17, 15) is 14.7 Å². The Balaban J connectivity index is 1.38. The summed E-state index contributed by atoms with van der Waals surface area (Å²) in [5.74, 6) is -0.856. The minimum atomic E-state index is -1.15. The van der Waals surface area contributed by atoms with E-state index in [1.807, 2.05) is 48.5 Å². The molecule has 0 heterocycles. The quantitative estimate of drug-likeness (QED) is 0.122. The van der Waals surface area contributed by atoms with Crippen molar-refractivity contribution in [2.24, 2.45) is 0 Å². The van der Waals surface area contributed by atoms with E-state index in [4.69, 9.17) is 9.47 Å². The van der Waals surface area contributed by atoms with Crippen molar-refractivity contribution >= 4 is 22.7 Å². The van der Waals surface area contributed by atoms with Crippen LogP contribution in [-0.4, -0.2) is 23.7 Å². The molecule has 0 aliphatic heterocycles. The summed E-state index contributed by atoms with van der Waals surface area (Å²) in [5.41, 5.74) is 2.25. The molecule has 0 fully saturated rings. The van der Waals surface area contributed by atoms with E-state index in [-0.39, 0.29) is 11.3 Å². The van der Waals surface area contributed by atoms with Gasteiger partial charge in [0.05, 0.1) is 12.2 Å². The molecule has 0 saturated carbocycles. The highest BCUT2D eigenvalue weighted by Gasteiger charge is 2.19. The number of carbonyl (C=O) groups is 2. The van der Waals surface area contributed by atoms with Crippen LogP contribution in [0.5, 0.6) is 11.5 Å². The van der Waals surface area contributed by atoms with Crippen LogP contribution in [0.4, 0.5) is 0 Å². The third kappa shape index (κ3) is 6.76. The second-order valence-electron chi connectivity index (χ2n) is 9.08. The number of carboxylic acid groups (broad SMARTS) is 1. The fourth-order valence-corrected chi connectivity index (χ4v) is 4.29. The number of unbranched alkanes of at least 4 members (excludes halogenated alkanes) is 5. The van der Waals surface area contributed by atoms with Crippen LogP contribution >= 0.6 is 0 Å². The Morgan fingerprint density at radius 1 is 0.730 bits per heavy atom. The van der Waals surface area contributed by atoms with Gasteiger partial charge in [-0.1, -0.05) is 93.6 Å². The summed E-state index contributed by atoms with van der Waals surface area (Å²) in [6.45, 7) is 2.95. The van der Waals surface area contributed by atoms with Gasteiger partial charge in [0.1, 0.15) is 11.3 Å². The van der Waals surface area contributed by atoms with Gasteiger partial charge in [-0.25, -0.2) is 9.59 Å². The third-order valence-electron chi connectivity index (χ3n) is 6.38. The maximum atomic E-state index is 12.9. The number of hydrogen-bond donors (Lipinski definition) is 1. The number of aromatic carboxylic acids is 1. The molecule has 0 aliphatic rings. The van der Waals surface area contributed by atoms with E-state index in [0.29, 0.717) is 10.9 Å². The van der Waals surface area contributed by atoms with Gasteiger partial charge in [-0.15, -0.1) is 0 Å². The minimum Gasteiger partial charge on any atom is -0.494 e. The van der Waals surface area contributed by atoms with Crippen LogP contribution in [0, 0.1) is 0 Å². The Morgan fingerprint density at radius 2 is 1.38 bits per heavy atom. The zero-order valence-electron chi connectivity index (χ0n) is 21.1. The first-order chi connectivity index (χ1) is 18.1. The van der Waals surface area contributed by atoms with Crippen LogP contribution in [0.15, 0.2) is 84.9 Å². The van der Waals surface area contributed by atoms with Gasteiger partial charge in [0.2, 0.25) is 0 Å². The van der Waals surface area contributed by atoms with Gasteiger partial charge in [-0.05, 0) is 53.3 Å². The monoisotopic (exact) mass is 496 g/mol. The molecule has 0 atom stereocenters. The summed E-state index contributed by atoms with van der Waals surface area (Å²) in [7, 11) is 0. The van der Waals surface area contributed by atoms with Crippen LogP contribution in [0.2, 0.25) is 0 Å². The molecule has 0 aromatic heterocycles. The first kappa shape index (κ1) is 26.0. The van der Waals surface area contributed by atoms with E-state index in [2.05, 4.69) is 6.92 Å². The first-order valence-electron chi connectivity index (χ1n) is 12.9. The van der Waals surface area contributed by atoms with E-state index >= 15 is 0 Å². The molecule has 0 bridgehead atoms. The lowest BCUT2D eigenvalue weighted by molar-refractivity contribution is 0.0682. The number of esters is 1. The fraction of sp³-hybridized carbons (Fsp3) is 0.250. The zero-order valence-corrected chi connectivity index (χ0v) is 21.1. The SMILES string of the molecule is CCCCCCCCOc1ccc(-c2ccc(C(=O)Oc3c(C(=O)O)ccc4ccccc34)cc2)cc1. The molecule has 4 aromatic carbocycles. The molecule has 0 amide bonds. The molecule has 37 heavy (non-hydrogen) atoms. The molecule has 4 aromatic rings. The van der Waals surface area contributed by atoms with Crippen LogP contribution in [0.25, 0.3) is 21.9 Å². The number of rotatable bonds is 12. The Bertz CT molecular complexity index is 1340. The van der Waals surface area contributed by atoms with E-state index in [1.54, 1.807) is 30.3 Å². The summed E-state index contributed by atoms with van der Waals surface area (Å²) < 4.78 is 11.5. The van der Waals surface area contributed by atoms with Crippen molar-refractivity contribution in [3.8, 4) is 22.6 Å². The lowest BCUT2D eigenvalue weighted by Crippen LogP contribution is -2.12. The second-order valence-corrected chi connectivity index (χ2v) is 9.08. The van der Waals surface area contributed by atoms with Crippen molar-refractivity contribution in [1.82, 2.24) is 0 Å². The third-order valence-corrected chi connectivity index (χ3v) is 6.38. The van der Waals surface area contributed by atoms with E-state index in [1.165, 1.54) is 38.2 Å². The molecule has 190 valence electrons. The molecule has 1 N–H and O–H groups in total. The molecular formula is C32H32O5. The van der Waals surface area contributed by atoms with Gasteiger partial charge >= 0.3 is 11.9 Å². The molecule has 0 aliphatic carbocycles. The molecule has 0 unspecified atom stereocenters. The molecular weight excluding hydrogens is 464 g/mol. The van der Waals surface area contributed by atoms with Gasteiger partial charge in [0.25, 0.3) is 0 Å². The van der Waals surface area contributed by atoms with Crippen LogP contribution in [-0.2, 0) is 0 Å². The number of ether oxygens (including phenoxy) is 2. The largest absolute Gasteiger partial charge is 0.494 e. The maximum absolute atomic E-state index is 12.9. The number of benzene rings is 4. The van der Waals surface area contributed by atoms with Crippen molar-refractivity contribution in [1.29, 1.82) is 0 Å². The van der Waals surface area contributed by atoms with Crippen molar-refractivity contribution < 1.29 is 24.2 Å². The predicted molar refractivity (Wildman–Crippen MR) is 147 cm³/mol. The Labute approximate surface area is 217 Å². The van der Waals surface area contributed by atoms with Crippen molar-refractivity contribution in [2.45, 2.75) is 45.4 Å². The number of carbonyl (C=O) groups excluding carboxylic acids is 1. The normalized spacial score (nSPS) is 10.8. The highest BCUT2D eigenvalue weighted by atomic mass is 16.5. The average Bonchev–Trinajstić information content (AvgIpc) is 2.93.